The van der Waals surface area contributed by atoms with Crippen LogP contribution in [-0.4, -0.2) is 46.6 Å². The van der Waals surface area contributed by atoms with Crippen molar-refractivity contribution >= 4 is 23.8 Å². The van der Waals surface area contributed by atoms with Gasteiger partial charge in [-0.3, -0.25) is 19.3 Å². The summed E-state index contributed by atoms with van der Waals surface area (Å²) in [7, 11) is 0. The Labute approximate surface area is 153 Å². The van der Waals surface area contributed by atoms with Gasteiger partial charge in [-0.05, 0) is 30.4 Å². The molecule has 1 N–H and O–H groups in total. The van der Waals surface area contributed by atoms with Gasteiger partial charge in [0.2, 0.25) is 5.91 Å². The van der Waals surface area contributed by atoms with Crippen molar-refractivity contribution in [3.63, 3.8) is 0 Å². The second kappa shape index (κ2) is 8.12. The molecule has 5 amide bonds. The molecule has 1 aliphatic heterocycles. The number of carbonyl (C=O) groups is 4. The van der Waals surface area contributed by atoms with E-state index >= 15 is 0 Å². The molecule has 1 fully saturated rings. The number of imide groups is 2. The first-order valence-corrected chi connectivity index (χ1v) is 8.80. The first-order chi connectivity index (χ1) is 12.2. The number of aryl methyl sites for hydroxylation is 1. The molecule has 0 aromatic heterocycles. The Bertz CT molecular complexity index is 712. The quantitative estimate of drug-likeness (QED) is 0.595. The lowest BCUT2D eigenvalue weighted by molar-refractivity contribution is -0.144. The molecular weight excluding hydrogens is 334 g/mol. The second-order valence-electron chi connectivity index (χ2n) is 6.87. The van der Waals surface area contributed by atoms with Crippen LogP contribution in [-0.2, 0) is 20.8 Å². The zero-order chi connectivity index (χ0) is 19.4. The fourth-order valence-electron chi connectivity index (χ4n) is 2.77. The van der Waals surface area contributed by atoms with Gasteiger partial charge in [-0.25, -0.2) is 9.69 Å². The van der Waals surface area contributed by atoms with Gasteiger partial charge in [-0.2, -0.15) is 0 Å². The third-order valence-corrected chi connectivity index (χ3v) is 4.25. The number of carbonyl (C=O) groups excluding carboxylic acids is 4. The average Bonchev–Trinajstić information content (AvgIpc) is 2.79. The highest BCUT2D eigenvalue weighted by molar-refractivity contribution is 6.45. The summed E-state index contributed by atoms with van der Waals surface area (Å²) in [6.45, 7) is 7.26. The lowest BCUT2D eigenvalue weighted by Gasteiger charge is -2.19. The van der Waals surface area contributed by atoms with E-state index < -0.39 is 30.3 Å². The number of amides is 5. The van der Waals surface area contributed by atoms with E-state index in [1.165, 1.54) is 5.56 Å². The molecule has 0 saturated carbocycles. The summed E-state index contributed by atoms with van der Waals surface area (Å²) >= 11 is 0. The maximum Gasteiger partial charge on any atom is 0.334 e. The van der Waals surface area contributed by atoms with Crippen molar-refractivity contribution in [2.75, 3.05) is 13.1 Å². The van der Waals surface area contributed by atoms with Gasteiger partial charge in [0.05, 0.1) is 6.04 Å². The van der Waals surface area contributed by atoms with Gasteiger partial charge >= 0.3 is 17.8 Å². The summed E-state index contributed by atoms with van der Waals surface area (Å²) in [5.74, 6) is -2.28. The van der Waals surface area contributed by atoms with E-state index in [-0.39, 0.29) is 18.5 Å². The van der Waals surface area contributed by atoms with Gasteiger partial charge in [0, 0.05) is 6.54 Å². The monoisotopic (exact) mass is 359 g/mol. The molecule has 1 atom stereocenters. The van der Waals surface area contributed by atoms with Crippen LogP contribution >= 0.6 is 0 Å². The minimum atomic E-state index is -0.953. The molecule has 0 bridgehead atoms. The Hall–Kier alpha value is -2.70. The zero-order valence-corrected chi connectivity index (χ0v) is 15.6. The number of benzene rings is 1. The van der Waals surface area contributed by atoms with E-state index in [1.807, 2.05) is 45.0 Å². The van der Waals surface area contributed by atoms with Crippen LogP contribution in [0, 0.1) is 5.92 Å². The summed E-state index contributed by atoms with van der Waals surface area (Å²) in [5, 5.41) is 2.76. The van der Waals surface area contributed by atoms with Gasteiger partial charge in [0.15, 0.2) is 0 Å². The molecule has 0 spiro atoms. The summed E-state index contributed by atoms with van der Waals surface area (Å²) < 4.78 is 0. The molecule has 1 aromatic rings. The lowest BCUT2D eigenvalue weighted by atomic mass is 10.1. The summed E-state index contributed by atoms with van der Waals surface area (Å²) in [5.41, 5.74) is 2.12. The van der Waals surface area contributed by atoms with Crippen molar-refractivity contribution in [3.8, 4) is 0 Å². The van der Waals surface area contributed by atoms with E-state index in [0.29, 0.717) is 4.90 Å². The van der Waals surface area contributed by atoms with Gasteiger partial charge in [-0.1, -0.05) is 45.0 Å². The van der Waals surface area contributed by atoms with Crippen LogP contribution in [0.3, 0.4) is 0 Å². The predicted octanol–water partition coefficient (Wildman–Crippen LogP) is 1.87. The maximum atomic E-state index is 12.3. The van der Waals surface area contributed by atoms with Gasteiger partial charge < -0.3 is 5.32 Å². The van der Waals surface area contributed by atoms with Gasteiger partial charge in [0.1, 0.15) is 6.54 Å². The van der Waals surface area contributed by atoms with Crippen LogP contribution in [0.4, 0.5) is 4.79 Å². The highest BCUT2D eigenvalue weighted by atomic mass is 16.2. The summed E-state index contributed by atoms with van der Waals surface area (Å²) in [6, 6.07) is 6.85. The smallest absolute Gasteiger partial charge is 0.334 e. The Morgan fingerprint density at radius 3 is 2.12 bits per heavy atom. The van der Waals surface area contributed by atoms with Crippen LogP contribution in [0.25, 0.3) is 0 Å². The van der Waals surface area contributed by atoms with Crippen molar-refractivity contribution < 1.29 is 19.2 Å². The predicted molar refractivity (Wildman–Crippen MR) is 96.0 cm³/mol. The zero-order valence-electron chi connectivity index (χ0n) is 15.6. The number of nitrogens with one attached hydrogen (secondary N) is 1. The van der Waals surface area contributed by atoms with Crippen LogP contribution in [0.15, 0.2) is 24.3 Å². The molecule has 0 radical (unpaired) electrons. The van der Waals surface area contributed by atoms with E-state index in [9.17, 15) is 19.2 Å². The highest BCUT2D eigenvalue weighted by Gasteiger charge is 2.45. The first kappa shape index (κ1) is 19.6. The van der Waals surface area contributed by atoms with Crippen LogP contribution in [0.2, 0.25) is 0 Å². The second-order valence-corrected chi connectivity index (χ2v) is 6.87. The van der Waals surface area contributed by atoms with E-state index in [4.69, 9.17) is 0 Å². The summed E-state index contributed by atoms with van der Waals surface area (Å²) in [4.78, 5) is 50.0. The molecule has 0 aliphatic carbocycles. The summed E-state index contributed by atoms with van der Waals surface area (Å²) in [6.07, 6.45) is 0.932. The number of hydrogen-bond acceptors (Lipinski definition) is 4. The maximum absolute atomic E-state index is 12.3. The third-order valence-electron chi connectivity index (χ3n) is 4.25. The molecular formula is C19H25N3O4. The minimum absolute atomic E-state index is 0.0376. The topological polar surface area (TPSA) is 86.8 Å². The lowest BCUT2D eigenvalue weighted by Crippen LogP contribution is -2.42. The van der Waals surface area contributed by atoms with E-state index in [2.05, 4.69) is 12.2 Å². The fourth-order valence-corrected chi connectivity index (χ4v) is 2.77. The standard InChI is InChI=1S/C19H25N3O4/c1-5-14-6-8-15(9-7-14)13(4)20-16(23)11-22-18(25)17(24)21(19(22)26)10-12(2)3/h6-9,12-13H,5,10-11H2,1-4H3,(H,20,23)/t13-/m0/s1. The molecule has 140 valence electrons. The van der Waals surface area contributed by atoms with Crippen molar-refractivity contribution in [2.45, 2.75) is 40.2 Å². The van der Waals surface area contributed by atoms with Crippen LogP contribution in [0.5, 0.6) is 0 Å². The molecule has 0 unspecified atom stereocenters. The van der Waals surface area contributed by atoms with Crippen molar-refractivity contribution in [1.29, 1.82) is 0 Å². The van der Waals surface area contributed by atoms with Crippen molar-refractivity contribution in [2.24, 2.45) is 5.92 Å². The molecule has 26 heavy (non-hydrogen) atoms. The Morgan fingerprint density at radius 2 is 1.58 bits per heavy atom. The molecule has 1 heterocycles. The number of hydrogen-bond donors (Lipinski definition) is 1. The number of nitrogens with zero attached hydrogens (tertiary/aromatic N) is 2. The number of urea groups is 1. The fraction of sp³-hybridized carbons (Fsp3) is 0.474. The Kier molecular flexibility index (Phi) is 6.13. The normalized spacial score (nSPS) is 15.8. The van der Waals surface area contributed by atoms with Crippen molar-refractivity contribution in [3.05, 3.63) is 35.4 Å². The first-order valence-electron chi connectivity index (χ1n) is 8.80. The molecule has 1 saturated heterocycles. The Balaban J connectivity index is 1.99. The van der Waals surface area contributed by atoms with Crippen LogP contribution in [0.1, 0.15) is 44.9 Å². The largest absolute Gasteiger partial charge is 0.348 e. The van der Waals surface area contributed by atoms with Crippen molar-refractivity contribution in [1.82, 2.24) is 15.1 Å². The Morgan fingerprint density at radius 1 is 1.00 bits per heavy atom. The number of rotatable bonds is 7. The third kappa shape index (κ3) is 4.28. The highest BCUT2D eigenvalue weighted by Crippen LogP contribution is 2.16. The molecule has 7 heteroatoms. The average molecular weight is 359 g/mol. The molecule has 7 nitrogen and oxygen atoms in total. The van der Waals surface area contributed by atoms with E-state index in [1.54, 1.807) is 0 Å². The SMILES string of the molecule is CCc1ccc([C@H](C)NC(=O)CN2C(=O)C(=O)N(CC(C)C)C2=O)cc1. The molecule has 1 aromatic carbocycles. The van der Waals surface area contributed by atoms with Gasteiger partial charge in [0.25, 0.3) is 0 Å². The van der Waals surface area contributed by atoms with E-state index in [0.717, 1.165) is 16.9 Å². The van der Waals surface area contributed by atoms with Crippen LogP contribution < -0.4 is 5.32 Å². The molecule has 2 rings (SSSR count). The minimum Gasteiger partial charge on any atom is -0.348 e. The molecule has 1 aliphatic rings. The van der Waals surface area contributed by atoms with Gasteiger partial charge in [-0.15, -0.1) is 0 Å².